The SMILES string of the molecule is CC(=O)c1c(F)c(C(C)=O)c(F)c(N2c3ccccc3Oc3ccccc32)c1F. The van der Waals surface area contributed by atoms with Crippen molar-refractivity contribution in [1.29, 1.82) is 0 Å². The minimum Gasteiger partial charge on any atom is -0.453 e. The highest BCUT2D eigenvalue weighted by atomic mass is 19.1. The number of carbonyl (C=O) groups excluding carboxylic acids is 2. The number of hydrogen-bond donors (Lipinski definition) is 0. The molecule has 0 radical (unpaired) electrons. The number of rotatable bonds is 3. The summed E-state index contributed by atoms with van der Waals surface area (Å²) in [5, 5.41) is 0. The van der Waals surface area contributed by atoms with E-state index in [2.05, 4.69) is 0 Å². The third-order valence-electron chi connectivity index (χ3n) is 4.65. The molecule has 3 aromatic carbocycles. The van der Waals surface area contributed by atoms with Gasteiger partial charge in [-0.15, -0.1) is 0 Å². The van der Waals surface area contributed by atoms with Crippen molar-refractivity contribution in [2.45, 2.75) is 13.8 Å². The second-order valence-corrected chi connectivity index (χ2v) is 6.53. The molecule has 7 heteroatoms. The molecule has 1 heterocycles. The third kappa shape index (κ3) is 2.77. The van der Waals surface area contributed by atoms with Crippen LogP contribution in [0.4, 0.5) is 30.2 Å². The summed E-state index contributed by atoms with van der Waals surface area (Å²) < 4.78 is 51.2. The summed E-state index contributed by atoms with van der Waals surface area (Å²) in [7, 11) is 0. The maximum absolute atomic E-state index is 15.4. The van der Waals surface area contributed by atoms with E-state index in [0.717, 1.165) is 13.8 Å². The van der Waals surface area contributed by atoms with Gasteiger partial charge in [-0.2, -0.15) is 0 Å². The molecule has 0 bridgehead atoms. The molecule has 0 saturated carbocycles. The second-order valence-electron chi connectivity index (χ2n) is 6.53. The summed E-state index contributed by atoms with van der Waals surface area (Å²) in [5.74, 6) is -5.57. The average Bonchev–Trinajstić information content (AvgIpc) is 2.66. The van der Waals surface area contributed by atoms with Gasteiger partial charge in [-0.1, -0.05) is 24.3 Å². The number of halogens is 3. The summed E-state index contributed by atoms with van der Waals surface area (Å²) in [6.07, 6.45) is 0. The second kappa shape index (κ2) is 6.77. The van der Waals surface area contributed by atoms with Crippen LogP contribution in [-0.2, 0) is 0 Å². The van der Waals surface area contributed by atoms with Gasteiger partial charge in [-0.25, -0.2) is 13.2 Å². The van der Waals surface area contributed by atoms with Crippen molar-refractivity contribution in [3.05, 3.63) is 77.1 Å². The number of Topliss-reactive ketones (excluding diaryl/α,β-unsaturated/α-hetero) is 2. The highest BCUT2D eigenvalue weighted by Gasteiger charge is 2.36. The van der Waals surface area contributed by atoms with Gasteiger partial charge in [0, 0.05) is 0 Å². The van der Waals surface area contributed by atoms with Crippen molar-refractivity contribution >= 4 is 28.6 Å². The van der Waals surface area contributed by atoms with E-state index >= 15 is 8.78 Å². The fourth-order valence-electron chi connectivity index (χ4n) is 3.41. The van der Waals surface area contributed by atoms with Crippen molar-refractivity contribution in [1.82, 2.24) is 0 Å². The third-order valence-corrected chi connectivity index (χ3v) is 4.65. The zero-order valence-electron chi connectivity index (χ0n) is 15.4. The summed E-state index contributed by atoms with van der Waals surface area (Å²) in [6, 6.07) is 13.0. The Balaban J connectivity index is 2.14. The number of benzene rings is 3. The molecule has 29 heavy (non-hydrogen) atoms. The number of nitrogens with zero attached hydrogens (tertiary/aromatic N) is 1. The predicted octanol–water partition coefficient (Wildman–Crippen LogP) is 6.08. The van der Waals surface area contributed by atoms with E-state index in [4.69, 9.17) is 4.74 Å². The van der Waals surface area contributed by atoms with Crippen LogP contribution < -0.4 is 9.64 Å². The number of anilines is 3. The largest absolute Gasteiger partial charge is 0.453 e. The van der Waals surface area contributed by atoms with Gasteiger partial charge >= 0.3 is 0 Å². The van der Waals surface area contributed by atoms with Gasteiger partial charge in [0.15, 0.2) is 40.5 Å². The zero-order valence-corrected chi connectivity index (χ0v) is 15.4. The number of para-hydroxylation sites is 4. The maximum atomic E-state index is 15.4. The lowest BCUT2D eigenvalue weighted by molar-refractivity contribution is 0.100. The smallest absolute Gasteiger partial charge is 0.165 e. The molecular formula is C22H14F3NO3. The van der Waals surface area contributed by atoms with Crippen LogP contribution in [0.3, 0.4) is 0 Å². The molecule has 0 spiro atoms. The Kier molecular flexibility index (Phi) is 4.38. The first kappa shape index (κ1) is 18.7. The van der Waals surface area contributed by atoms with Crippen LogP contribution >= 0.6 is 0 Å². The standard InChI is InChI=1S/C22H14F3NO3/c1-11(27)17-19(23)18(12(2)28)21(25)22(20(17)24)26-13-7-3-5-9-15(13)29-16-10-6-4-8-14(16)26/h3-10H,1-2H3. The van der Waals surface area contributed by atoms with Crippen molar-refractivity contribution in [2.75, 3.05) is 4.90 Å². The molecule has 0 fully saturated rings. The molecule has 0 atom stereocenters. The van der Waals surface area contributed by atoms with Gasteiger partial charge < -0.3 is 4.74 Å². The Morgan fingerprint density at radius 2 is 1.14 bits per heavy atom. The molecule has 0 saturated heterocycles. The van der Waals surface area contributed by atoms with Crippen LogP contribution in [-0.4, -0.2) is 11.6 Å². The lowest BCUT2D eigenvalue weighted by atomic mass is 9.99. The Bertz CT molecular complexity index is 1100. The molecule has 0 unspecified atom stereocenters. The van der Waals surface area contributed by atoms with Crippen molar-refractivity contribution < 1.29 is 27.5 Å². The first-order valence-electron chi connectivity index (χ1n) is 8.71. The van der Waals surface area contributed by atoms with E-state index in [1.807, 2.05) is 0 Å². The summed E-state index contributed by atoms with van der Waals surface area (Å²) in [6.45, 7) is 1.91. The minimum atomic E-state index is -1.50. The topological polar surface area (TPSA) is 46.6 Å². The molecule has 1 aliphatic rings. The minimum absolute atomic E-state index is 0.277. The normalized spacial score (nSPS) is 12.1. The Morgan fingerprint density at radius 1 is 0.724 bits per heavy atom. The van der Waals surface area contributed by atoms with Gasteiger partial charge in [0.05, 0.1) is 22.5 Å². The van der Waals surface area contributed by atoms with Gasteiger partial charge in [0.1, 0.15) is 5.69 Å². The van der Waals surface area contributed by atoms with E-state index in [0.29, 0.717) is 11.5 Å². The molecule has 0 N–H and O–H groups in total. The fraction of sp³-hybridized carbons (Fsp3) is 0.0909. The number of ketones is 2. The number of ether oxygens (including phenoxy) is 1. The summed E-state index contributed by atoms with van der Waals surface area (Å²) in [4.78, 5) is 25.1. The monoisotopic (exact) mass is 397 g/mol. The fourth-order valence-corrected chi connectivity index (χ4v) is 3.41. The highest BCUT2D eigenvalue weighted by molar-refractivity contribution is 6.03. The van der Waals surface area contributed by atoms with E-state index in [1.165, 1.54) is 4.90 Å². The molecule has 0 aliphatic carbocycles. The van der Waals surface area contributed by atoms with Crippen LogP contribution in [0.25, 0.3) is 0 Å². The average molecular weight is 397 g/mol. The van der Waals surface area contributed by atoms with Crippen LogP contribution in [0.15, 0.2) is 48.5 Å². The quantitative estimate of drug-likeness (QED) is 0.393. The maximum Gasteiger partial charge on any atom is 0.165 e. The number of carbonyl (C=O) groups is 2. The number of fused-ring (bicyclic) bond motifs is 2. The van der Waals surface area contributed by atoms with E-state index in [-0.39, 0.29) is 11.4 Å². The molecule has 4 rings (SSSR count). The summed E-state index contributed by atoms with van der Waals surface area (Å²) >= 11 is 0. The summed E-state index contributed by atoms with van der Waals surface area (Å²) in [5.41, 5.74) is -2.09. The molecule has 146 valence electrons. The highest BCUT2D eigenvalue weighted by Crippen LogP contribution is 2.52. The van der Waals surface area contributed by atoms with Crippen LogP contribution in [0, 0.1) is 17.5 Å². The first-order valence-corrected chi connectivity index (χ1v) is 8.71. The van der Waals surface area contributed by atoms with Gasteiger partial charge in [-0.05, 0) is 38.1 Å². The van der Waals surface area contributed by atoms with E-state index in [9.17, 15) is 14.0 Å². The van der Waals surface area contributed by atoms with Crippen molar-refractivity contribution in [3.8, 4) is 11.5 Å². The lowest BCUT2D eigenvalue weighted by Crippen LogP contribution is -2.22. The van der Waals surface area contributed by atoms with Crippen molar-refractivity contribution in [3.63, 3.8) is 0 Å². The van der Waals surface area contributed by atoms with Crippen molar-refractivity contribution in [2.24, 2.45) is 0 Å². The predicted molar refractivity (Wildman–Crippen MR) is 101 cm³/mol. The Labute approximate surface area is 164 Å². The van der Waals surface area contributed by atoms with E-state index < -0.39 is 45.8 Å². The Morgan fingerprint density at radius 3 is 1.55 bits per heavy atom. The molecule has 0 amide bonds. The van der Waals surface area contributed by atoms with Gasteiger partial charge in [0.25, 0.3) is 0 Å². The first-order chi connectivity index (χ1) is 13.8. The Hall–Kier alpha value is -3.61. The molecule has 1 aliphatic heterocycles. The molecule has 3 aromatic rings. The molecule has 0 aromatic heterocycles. The van der Waals surface area contributed by atoms with Crippen LogP contribution in [0.2, 0.25) is 0 Å². The van der Waals surface area contributed by atoms with E-state index in [1.54, 1.807) is 48.5 Å². The number of hydrogen-bond acceptors (Lipinski definition) is 4. The zero-order chi connectivity index (χ0) is 20.9. The molecular weight excluding hydrogens is 383 g/mol. The van der Waals surface area contributed by atoms with Gasteiger partial charge in [-0.3, -0.25) is 14.5 Å². The van der Waals surface area contributed by atoms with Crippen LogP contribution in [0.1, 0.15) is 34.6 Å². The van der Waals surface area contributed by atoms with Gasteiger partial charge in [0.2, 0.25) is 0 Å². The lowest BCUT2D eigenvalue weighted by Gasteiger charge is -2.33. The molecule has 4 nitrogen and oxygen atoms in total. The van der Waals surface area contributed by atoms with Crippen LogP contribution in [0.5, 0.6) is 11.5 Å².